The summed E-state index contributed by atoms with van der Waals surface area (Å²) in [6, 6.07) is 4.18. The molecule has 0 aliphatic heterocycles. The molecule has 19 heavy (non-hydrogen) atoms. The SMILES string of the molecule is Cl.NCCCCCCC(=O)Nc1ccc(Cl)cc1F. The predicted octanol–water partition coefficient (Wildman–Crippen LogP) is 3.75. The molecule has 0 unspecified atom stereocenters. The zero-order valence-corrected chi connectivity index (χ0v) is 12.2. The Morgan fingerprint density at radius 3 is 2.58 bits per heavy atom. The number of nitrogens with one attached hydrogen (secondary N) is 1. The highest BCUT2D eigenvalue weighted by Crippen LogP contribution is 2.19. The van der Waals surface area contributed by atoms with Crippen LogP contribution in [0.3, 0.4) is 0 Å². The van der Waals surface area contributed by atoms with Gasteiger partial charge in [0.05, 0.1) is 5.69 Å². The van der Waals surface area contributed by atoms with E-state index in [0.717, 1.165) is 25.7 Å². The molecule has 0 aliphatic carbocycles. The Morgan fingerprint density at radius 1 is 1.26 bits per heavy atom. The normalized spacial score (nSPS) is 9.84. The highest BCUT2D eigenvalue weighted by atomic mass is 35.5. The highest BCUT2D eigenvalue weighted by molar-refractivity contribution is 6.30. The average Bonchev–Trinajstić information content (AvgIpc) is 2.32. The van der Waals surface area contributed by atoms with E-state index in [4.69, 9.17) is 17.3 Å². The summed E-state index contributed by atoms with van der Waals surface area (Å²) in [6.45, 7) is 0.683. The van der Waals surface area contributed by atoms with Crippen LogP contribution in [0.25, 0.3) is 0 Å². The second kappa shape index (κ2) is 10.0. The molecule has 0 spiro atoms. The Morgan fingerprint density at radius 2 is 1.95 bits per heavy atom. The second-order valence-corrected chi connectivity index (χ2v) is 4.56. The number of rotatable bonds is 7. The molecule has 108 valence electrons. The van der Waals surface area contributed by atoms with Crippen LogP contribution in [0, 0.1) is 5.82 Å². The number of benzene rings is 1. The zero-order chi connectivity index (χ0) is 13.4. The van der Waals surface area contributed by atoms with Gasteiger partial charge in [0.1, 0.15) is 5.82 Å². The summed E-state index contributed by atoms with van der Waals surface area (Å²) < 4.78 is 13.4. The third kappa shape index (κ3) is 7.35. The quantitative estimate of drug-likeness (QED) is 0.754. The zero-order valence-electron chi connectivity index (χ0n) is 10.6. The fraction of sp³-hybridized carbons (Fsp3) is 0.462. The van der Waals surface area contributed by atoms with Crippen LogP contribution in [0.5, 0.6) is 0 Å². The van der Waals surface area contributed by atoms with E-state index in [1.165, 1.54) is 12.1 Å². The summed E-state index contributed by atoms with van der Waals surface area (Å²) in [7, 11) is 0. The first-order chi connectivity index (χ1) is 8.63. The van der Waals surface area contributed by atoms with E-state index < -0.39 is 5.82 Å². The Kier molecular flexibility index (Phi) is 9.57. The summed E-state index contributed by atoms with van der Waals surface area (Å²) in [5.41, 5.74) is 5.54. The van der Waals surface area contributed by atoms with Crippen LogP contribution >= 0.6 is 24.0 Å². The maximum atomic E-state index is 13.4. The van der Waals surface area contributed by atoms with Gasteiger partial charge >= 0.3 is 0 Å². The van der Waals surface area contributed by atoms with Crippen molar-refractivity contribution in [2.24, 2.45) is 5.73 Å². The van der Waals surface area contributed by atoms with Gasteiger partial charge in [-0.05, 0) is 37.6 Å². The molecule has 0 saturated heterocycles. The third-order valence-electron chi connectivity index (χ3n) is 2.56. The van der Waals surface area contributed by atoms with Crippen molar-refractivity contribution in [1.82, 2.24) is 0 Å². The van der Waals surface area contributed by atoms with Crippen molar-refractivity contribution in [2.45, 2.75) is 32.1 Å². The van der Waals surface area contributed by atoms with Gasteiger partial charge in [0.2, 0.25) is 5.91 Å². The number of carbonyl (C=O) groups excluding carboxylic acids is 1. The summed E-state index contributed by atoms with van der Waals surface area (Å²) in [6.07, 6.45) is 4.16. The van der Waals surface area contributed by atoms with Gasteiger partial charge in [0.15, 0.2) is 0 Å². The lowest BCUT2D eigenvalue weighted by Crippen LogP contribution is -2.12. The fourth-order valence-corrected chi connectivity index (χ4v) is 1.75. The van der Waals surface area contributed by atoms with Crippen molar-refractivity contribution in [1.29, 1.82) is 0 Å². The van der Waals surface area contributed by atoms with Crippen LogP contribution in [0.2, 0.25) is 5.02 Å². The first-order valence-corrected chi connectivity index (χ1v) is 6.46. The lowest BCUT2D eigenvalue weighted by Gasteiger charge is -2.06. The molecule has 6 heteroatoms. The van der Waals surface area contributed by atoms with Crippen LogP contribution in [0.1, 0.15) is 32.1 Å². The van der Waals surface area contributed by atoms with Gasteiger partial charge in [-0.15, -0.1) is 12.4 Å². The molecule has 0 heterocycles. The first-order valence-electron chi connectivity index (χ1n) is 6.08. The second-order valence-electron chi connectivity index (χ2n) is 4.13. The monoisotopic (exact) mass is 308 g/mol. The molecule has 0 aliphatic rings. The minimum Gasteiger partial charge on any atom is -0.330 e. The number of hydrogen-bond acceptors (Lipinski definition) is 2. The van der Waals surface area contributed by atoms with E-state index in [1.807, 2.05) is 0 Å². The minimum absolute atomic E-state index is 0. The maximum Gasteiger partial charge on any atom is 0.224 e. The van der Waals surface area contributed by atoms with Gasteiger partial charge in [-0.3, -0.25) is 4.79 Å². The van der Waals surface area contributed by atoms with E-state index in [2.05, 4.69) is 5.32 Å². The maximum absolute atomic E-state index is 13.4. The molecule has 0 radical (unpaired) electrons. The van der Waals surface area contributed by atoms with Gasteiger partial charge in [0, 0.05) is 11.4 Å². The van der Waals surface area contributed by atoms with Crippen molar-refractivity contribution in [2.75, 3.05) is 11.9 Å². The molecule has 0 atom stereocenters. The lowest BCUT2D eigenvalue weighted by molar-refractivity contribution is -0.116. The average molecular weight is 309 g/mol. The molecule has 1 rings (SSSR count). The minimum atomic E-state index is -0.515. The van der Waals surface area contributed by atoms with E-state index in [-0.39, 0.29) is 24.0 Å². The first kappa shape index (κ1) is 18.2. The lowest BCUT2D eigenvalue weighted by atomic mass is 10.1. The van der Waals surface area contributed by atoms with Crippen LogP contribution in [-0.4, -0.2) is 12.5 Å². The van der Waals surface area contributed by atoms with Crippen molar-refractivity contribution in [3.05, 3.63) is 29.0 Å². The summed E-state index contributed by atoms with van der Waals surface area (Å²) >= 11 is 5.62. The largest absolute Gasteiger partial charge is 0.330 e. The molecule has 1 aromatic rings. The van der Waals surface area contributed by atoms with Crippen LogP contribution in [-0.2, 0) is 4.79 Å². The van der Waals surface area contributed by atoms with Gasteiger partial charge in [-0.25, -0.2) is 4.39 Å². The smallest absolute Gasteiger partial charge is 0.224 e. The van der Waals surface area contributed by atoms with Crippen molar-refractivity contribution in [3.8, 4) is 0 Å². The molecule has 1 aromatic carbocycles. The van der Waals surface area contributed by atoms with E-state index >= 15 is 0 Å². The third-order valence-corrected chi connectivity index (χ3v) is 2.80. The van der Waals surface area contributed by atoms with Gasteiger partial charge in [-0.2, -0.15) is 0 Å². The molecule has 0 aromatic heterocycles. The van der Waals surface area contributed by atoms with Crippen LogP contribution in [0.4, 0.5) is 10.1 Å². The molecule has 3 N–H and O–H groups in total. The van der Waals surface area contributed by atoms with Gasteiger partial charge in [-0.1, -0.05) is 24.4 Å². The van der Waals surface area contributed by atoms with E-state index in [0.29, 0.717) is 18.0 Å². The molecule has 0 saturated carbocycles. The Bertz CT molecular complexity index is 402. The fourth-order valence-electron chi connectivity index (χ4n) is 1.59. The molecular formula is C13H19Cl2FN2O. The summed E-state index contributed by atoms with van der Waals surface area (Å²) in [5.74, 6) is -0.692. The Labute approximate surface area is 124 Å². The number of amides is 1. The standard InChI is InChI=1S/C13H18ClFN2O.ClH/c14-10-6-7-12(11(15)9-10)17-13(18)5-3-1-2-4-8-16;/h6-7,9H,1-5,8,16H2,(H,17,18);1H. The summed E-state index contributed by atoms with van der Waals surface area (Å²) in [5, 5.41) is 2.84. The van der Waals surface area contributed by atoms with Crippen molar-refractivity contribution < 1.29 is 9.18 Å². The van der Waals surface area contributed by atoms with Crippen LogP contribution < -0.4 is 11.1 Å². The van der Waals surface area contributed by atoms with Crippen molar-refractivity contribution >= 4 is 35.6 Å². The van der Waals surface area contributed by atoms with Crippen molar-refractivity contribution in [3.63, 3.8) is 0 Å². The Balaban J connectivity index is 0.00000324. The molecule has 3 nitrogen and oxygen atoms in total. The van der Waals surface area contributed by atoms with Gasteiger partial charge < -0.3 is 11.1 Å². The van der Waals surface area contributed by atoms with E-state index in [9.17, 15) is 9.18 Å². The molecular weight excluding hydrogens is 290 g/mol. The Hall–Kier alpha value is -0.840. The van der Waals surface area contributed by atoms with Gasteiger partial charge in [0.25, 0.3) is 0 Å². The predicted molar refractivity (Wildman–Crippen MR) is 79.4 cm³/mol. The molecule has 1 amide bonds. The number of nitrogens with two attached hydrogens (primary N) is 1. The molecule has 0 bridgehead atoms. The number of halogens is 3. The molecule has 0 fully saturated rings. The van der Waals surface area contributed by atoms with Crippen LogP contribution in [0.15, 0.2) is 18.2 Å². The topological polar surface area (TPSA) is 55.1 Å². The number of anilines is 1. The highest BCUT2D eigenvalue weighted by Gasteiger charge is 2.07. The number of hydrogen-bond donors (Lipinski definition) is 2. The summed E-state index contributed by atoms with van der Waals surface area (Å²) in [4.78, 5) is 11.5. The number of carbonyl (C=O) groups is 1. The van der Waals surface area contributed by atoms with E-state index in [1.54, 1.807) is 6.07 Å². The number of unbranched alkanes of at least 4 members (excludes halogenated alkanes) is 3.